The van der Waals surface area contributed by atoms with Gasteiger partial charge in [0.2, 0.25) is 0 Å². The van der Waals surface area contributed by atoms with Gasteiger partial charge in [-0.3, -0.25) is 0 Å². The van der Waals surface area contributed by atoms with Crippen LogP contribution in [-0.2, 0) is 0 Å². The molecule has 0 aromatic heterocycles. The zero-order valence-corrected chi connectivity index (χ0v) is 7.43. The summed E-state index contributed by atoms with van der Waals surface area (Å²) in [6.07, 6.45) is 0. The van der Waals surface area contributed by atoms with Crippen molar-refractivity contribution in [1.82, 2.24) is 0 Å². The standard InChI is InChI=1S/C12H2S/c1-2-3-4-5-6-7-8-9-10-11-12-13/h1H2. The largest absolute Gasteiger partial charge is 0.0687 e. The van der Waals surface area contributed by atoms with Crippen molar-refractivity contribution in [2.45, 2.75) is 0 Å². The van der Waals surface area contributed by atoms with Gasteiger partial charge in [-0.25, -0.2) is 0 Å². The zero-order chi connectivity index (χ0) is 9.78. The van der Waals surface area contributed by atoms with E-state index in [1.165, 1.54) is 0 Å². The van der Waals surface area contributed by atoms with E-state index >= 15 is 0 Å². The molecule has 0 atom stereocenters. The van der Waals surface area contributed by atoms with E-state index in [9.17, 15) is 0 Å². The molecule has 0 fully saturated rings. The van der Waals surface area contributed by atoms with Crippen LogP contribution in [0.15, 0.2) is 63.9 Å². The summed E-state index contributed by atoms with van der Waals surface area (Å²) in [5.41, 5.74) is 24.4. The summed E-state index contributed by atoms with van der Waals surface area (Å²) in [5.74, 6) is 0. The van der Waals surface area contributed by atoms with E-state index in [1.807, 2.05) is 0 Å². The van der Waals surface area contributed by atoms with Gasteiger partial charge >= 0.3 is 0 Å². The van der Waals surface area contributed by atoms with E-state index < -0.39 is 0 Å². The quantitative estimate of drug-likeness (QED) is 0.405. The minimum absolute atomic E-state index is 2.20. The molecule has 0 nitrogen and oxygen atoms in total. The second-order valence-corrected chi connectivity index (χ2v) is 1.61. The minimum atomic E-state index is 2.20. The molecule has 1 heteroatoms. The maximum absolute atomic E-state index is 4.33. The molecule has 0 N–H and O–H groups in total. The maximum atomic E-state index is 4.33. The third-order valence-corrected chi connectivity index (χ3v) is 0.741. The van der Waals surface area contributed by atoms with Crippen LogP contribution >= 0.6 is 12.2 Å². The topological polar surface area (TPSA) is 0 Å². The molecule has 13 heavy (non-hydrogen) atoms. The molecule has 0 rings (SSSR count). The average molecular weight is 178 g/mol. The van der Waals surface area contributed by atoms with Crippen LogP contribution in [0.5, 0.6) is 0 Å². The van der Waals surface area contributed by atoms with Gasteiger partial charge in [-0.1, -0.05) is 5.73 Å². The molecule has 0 amide bonds. The highest BCUT2D eigenvalue weighted by Gasteiger charge is 1.39. The first kappa shape index (κ1) is 10.7. The molecule has 56 valence electrons. The molecule has 0 spiro atoms. The Bertz CT molecular complexity index is 516. The summed E-state index contributed by atoms with van der Waals surface area (Å²) in [4.78, 5) is 0. The van der Waals surface area contributed by atoms with E-state index in [0.29, 0.717) is 0 Å². The Kier molecular flexibility index (Phi) is 7.94. The molecular weight excluding hydrogens is 176 g/mol. The normalized spacial score (nSPS) is 3.69. The summed E-state index contributed by atoms with van der Waals surface area (Å²) >= 11 is 4.33. The number of thiocarbonyl (C=S) groups is 1. The highest BCUT2D eigenvalue weighted by atomic mass is 32.1. The van der Waals surface area contributed by atoms with E-state index in [0.717, 1.165) is 0 Å². The van der Waals surface area contributed by atoms with Gasteiger partial charge in [0, 0.05) is 27.9 Å². The Balaban J connectivity index is 5.52. The van der Waals surface area contributed by atoms with Crippen LogP contribution in [0.1, 0.15) is 0 Å². The van der Waals surface area contributed by atoms with Crippen molar-refractivity contribution >= 4 is 17.2 Å². The fourth-order valence-electron chi connectivity index (χ4n) is 0.288. The van der Waals surface area contributed by atoms with E-state index in [2.05, 4.69) is 81.1 Å². The highest BCUT2D eigenvalue weighted by Crippen LogP contribution is 1.54. The molecule has 0 aromatic rings. The summed E-state index contributed by atoms with van der Waals surface area (Å²) in [5, 5.41) is 2.20. The smallest absolute Gasteiger partial charge is 0.0148 e. The van der Waals surface area contributed by atoms with Gasteiger partial charge in [0.25, 0.3) is 0 Å². The van der Waals surface area contributed by atoms with Gasteiger partial charge in [-0.05, 0) is 47.5 Å². The van der Waals surface area contributed by atoms with Crippen LogP contribution < -0.4 is 0 Å². The Morgan fingerprint density at radius 3 is 1.38 bits per heavy atom. The zero-order valence-electron chi connectivity index (χ0n) is 6.62. The van der Waals surface area contributed by atoms with Crippen LogP contribution in [-0.4, -0.2) is 5.02 Å². The summed E-state index contributed by atoms with van der Waals surface area (Å²) < 4.78 is 0. The van der Waals surface area contributed by atoms with Gasteiger partial charge < -0.3 is 0 Å². The SMILES string of the molecule is C=C=C=C=C=C=C=C=C=C=C=C=S. The van der Waals surface area contributed by atoms with Crippen molar-refractivity contribution in [2.75, 3.05) is 0 Å². The van der Waals surface area contributed by atoms with Gasteiger partial charge in [-0.2, -0.15) is 0 Å². The van der Waals surface area contributed by atoms with E-state index in [1.54, 1.807) is 0 Å². The third kappa shape index (κ3) is 9.67. The van der Waals surface area contributed by atoms with Gasteiger partial charge in [0.1, 0.15) is 0 Å². The average Bonchev–Trinajstić information content (AvgIpc) is 2.16. The number of hydrogen-bond donors (Lipinski definition) is 0. The highest BCUT2D eigenvalue weighted by molar-refractivity contribution is 7.78. The van der Waals surface area contributed by atoms with Crippen LogP contribution in [0, 0.1) is 0 Å². The molecule has 0 aliphatic heterocycles. The van der Waals surface area contributed by atoms with E-state index in [4.69, 9.17) is 0 Å². The molecule has 0 aromatic carbocycles. The minimum Gasteiger partial charge on any atom is -0.0687 e. The predicted molar refractivity (Wildman–Crippen MR) is 53.4 cm³/mol. The van der Waals surface area contributed by atoms with Crippen molar-refractivity contribution in [3.63, 3.8) is 0 Å². The number of rotatable bonds is 0. The van der Waals surface area contributed by atoms with E-state index in [-0.39, 0.29) is 0 Å². The molecule has 0 saturated carbocycles. The Morgan fingerprint density at radius 1 is 0.615 bits per heavy atom. The Hall–Kier alpha value is -2.33. The Morgan fingerprint density at radius 2 is 1.00 bits per heavy atom. The van der Waals surface area contributed by atoms with Gasteiger partial charge in [0.05, 0.1) is 0 Å². The van der Waals surface area contributed by atoms with Crippen molar-refractivity contribution < 1.29 is 0 Å². The molecule has 0 aliphatic rings. The summed E-state index contributed by atoms with van der Waals surface area (Å²) in [6.45, 7) is 3.28. The molecule has 0 radical (unpaired) electrons. The number of hydrogen-bond acceptors (Lipinski definition) is 1. The summed E-state index contributed by atoms with van der Waals surface area (Å²) in [6, 6.07) is 0. The third-order valence-electron chi connectivity index (χ3n) is 0.639. The fourth-order valence-corrected chi connectivity index (χ4v) is 0.339. The molecule has 0 heterocycles. The second-order valence-electron chi connectivity index (χ2n) is 1.40. The predicted octanol–water partition coefficient (Wildman–Crippen LogP) is 2.32. The van der Waals surface area contributed by atoms with Crippen LogP contribution in [0.4, 0.5) is 0 Å². The van der Waals surface area contributed by atoms with Gasteiger partial charge in [0.15, 0.2) is 0 Å². The van der Waals surface area contributed by atoms with Crippen molar-refractivity contribution in [3.05, 3.63) is 63.9 Å². The lowest BCUT2D eigenvalue weighted by molar-refractivity contribution is 2.15. The first-order valence-corrected chi connectivity index (χ1v) is 3.47. The summed E-state index contributed by atoms with van der Waals surface area (Å²) in [7, 11) is 0. The monoisotopic (exact) mass is 178 g/mol. The first-order valence-electron chi connectivity index (χ1n) is 3.06. The molecule has 0 saturated heterocycles. The van der Waals surface area contributed by atoms with Crippen LogP contribution in [0.25, 0.3) is 0 Å². The Labute approximate surface area is 81.5 Å². The van der Waals surface area contributed by atoms with Gasteiger partial charge in [-0.15, -0.1) is 0 Å². The second kappa shape index (κ2) is 9.67. The lowest BCUT2D eigenvalue weighted by atomic mass is 10.6. The lowest BCUT2D eigenvalue weighted by Gasteiger charge is -1.38. The molecule has 0 unspecified atom stereocenters. The maximum Gasteiger partial charge on any atom is 0.0148 e. The fraction of sp³-hybridized carbons (Fsp3) is 0. The van der Waals surface area contributed by atoms with Crippen molar-refractivity contribution in [1.29, 1.82) is 0 Å². The first-order chi connectivity index (χ1) is 6.41. The molecule has 0 bridgehead atoms. The van der Waals surface area contributed by atoms with Crippen LogP contribution in [0.3, 0.4) is 0 Å². The van der Waals surface area contributed by atoms with Crippen LogP contribution in [0.2, 0.25) is 0 Å². The molecule has 0 aliphatic carbocycles. The van der Waals surface area contributed by atoms with Crippen molar-refractivity contribution in [2.24, 2.45) is 0 Å². The lowest BCUT2D eigenvalue weighted by Crippen LogP contribution is -1.25. The molecular formula is C12H2S. The van der Waals surface area contributed by atoms with Crippen molar-refractivity contribution in [3.8, 4) is 0 Å².